The Hall–Kier alpha value is -1.25. The van der Waals surface area contributed by atoms with Crippen molar-refractivity contribution < 1.29 is 42.1 Å². The maximum Gasteiger partial charge on any atom is 0.306 e. The van der Waals surface area contributed by atoms with Crippen LogP contribution in [0.25, 0.3) is 0 Å². The summed E-state index contributed by atoms with van der Waals surface area (Å²) in [5.74, 6) is -0.880. The first-order chi connectivity index (χ1) is 26.5. The highest BCUT2D eigenvalue weighted by molar-refractivity contribution is 7.45. The zero-order valence-corrected chi connectivity index (χ0v) is 37.5. The fourth-order valence-electron chi connectivity index (χ4n) is 6.44. The Morgan fingerprint density at radius 1 is 0.545 bits per heavy atom. The Morgan fingerprint density at radius 3 is 1.42 bits per heavy atom. The van der Waals surface area contributed by atoms with Crippen LogP contribution in [0, 0.1) is 0 Å². The topological polar surface area (TPSA) is 111 Å². The van der Waals surface area contributed by atoms with Gasteiger partial charge in [-0.05, 0) is 25.7 Å². The van der Waals surface area contributed by atoms with Gasteiger partial charge in [0.2, 0.25) is 0 Å². The monoisotopic (exact) mass is 802 g/mol. The van der Waals surface area contributed by atoms with Crippen molar-refractivity contribution in [2.75, 3.05) is 47.5 Å². The maximum atomic E-state index is 12.6. The number of ether oxygens (including phenoxy) is 2. The molecule has 0 aliphatic heterocycles. The van der Waals surface area contributed by atoms with E-state index < -0.39 is 26.5 Å². The molecule has 0 amide bonds. The van der Waals surface area contributed by atoms with Crippen molar-refractivity contribution in [3.63, 3.8) is 0 Å². The van der Waals surface area contributed by atoms with Gasteiger partial charge in [-0.2, -0.15) is 0 Å². The smallest absolute Gasteiger partial charge is 0.306 e. The number of likely N-dealkylation sites (N-methyl/N-ethyl adjacent to an activating group) is 1. The number of unbranched alkanes of at least 4 members (excludes halogenated alkanes) is 26. The number of phosphoric acid groups is 1. The van der Waals surface area contributed by atoms with Gasteiger partial charge >= 0.3 is 11.9 Å². The summed E-state index contributed by atoms with van der Waals surface area (Å²) in [6, 6.07) is 0. The molecule has 0 spiro atoms. The predicted octanol–water partition coefficient (Wildman–Crippen LogP) is 12.3. The average Bonchev–Trinajstić information content (AvgIpc) is 3.13. The van der Waals surface area contributed by atoms with Crippen LogP contribution in [-0.4, -0.2) is 70.0 Å². The number of rotatable bonds is 42. The molecule has 2 atom stereocenters. The van der Waals surface area contributed by atoms with E-state index in [4.69, 9.17) is 18.5 Å². The first-order valence-electron chi connectivity index (χ1n) is 22.9. The normalized spacial score (nSPS) is 13.6. The molecule has 326 valence electrons. The Labute approximate surface area is 339 Å². The summed E-state index contributed by atoms with van der Waals surface area (Å²) >= 11 is 0. The maximum absolute atomic E-state index is 12.6. The van der Waals surface area contributed by atoms with Crippen LogP contribution in [0.15, 0.2) is 12.2 Å². The third-order valence-electron chi connectivity index (χ3n) is 10.0. The van der Waals surface area contributed by atoms with Gasteiger partial charge in [0, 0.05) is 12.8 Å². The minimum Gasteiger partial charge on any atom is -0.756 e. The van der Waals surface area contributed by atoms with Crippen LogP contribution < -0.4 is 4.89 Å². The zero-order valence-electron chi connectivity index (χ0n) is 36.6. The van der Waals surface area contributed by atoms with Crippen LogP contribution in [0.3, 0.4) is 0 Å². The van der Waals surface area contributed by atoms with Crippen LogP contribution in [-0.2, 0) is 32.7 Å². The van der Waals surface area contributed by atoms with Crippen LogP contribution >= 0.6 is 7.82 Å². The number of hydrogen-bond donors (Lipinski definition) is 0. The van der Waals surface area contributed by atoms with Gasteiger partial charge in [0.15, 0.2) is 6.10 Å². The van der Waals surface area contributed by atoms with E-state index in [9.17, 15) is 19.0 Å². The molecule has 0 aromatic rings. The van der Waals surface area contributed by atoms with Gasteiger partial charge in [0.1, 0.15) is 19.8 Å². The minimum atomic E-state index is -4.63. The average molecular weight is 802 g/mol. The summed E-state index contributed by atoms with van der Waals surface area (Å²) in [6.07, 6.45) is 39.6. The number of quaternary nitrogens is 1. The quantitative estimate of drug-likeness (QED) is 0.0197. The van der Waals surface area contributed by atoms with E-state index in [1.165, 1.54) is 148 Å². The van der Waals surface area contributed by atoms with Crippen molar-refractivity contribution in [3.05, 3.63) is 12.2 Å². The van der Waals surface area contributed by atoms with Crippen molar-refractivity contribution in [2.45, 2.75) is 219 Å². The van der Waals surface area contributed by atoms with E-state index in [0.717, 1.165) is 32.1 Å². The summed E-state index contributed by atoms with van der Waals surface area (Å²) in [6.45, 7) is 4.22. The second kappa shape index (κ2) is 38.3. The van der Waals surface area contributed by atoms with Gasteiger partial charge in [-0.15, -0.1) is 0 Å². The third kappa shape index (κ3) is 42.2. The molecule has 0 N–H and O–H groups in total. The van der Waals surface area contributed by atoms with E-state index in [0.29, 0.717) is 17.4 Å². The second-order valence-electron chi connectivity index (χ2n) is 16.8. The number of nitrogens with zero attached hydrogens (tertiary/aromatic N) is 1. The molecule has 10 heteroatoms. The summed E-state index contributed by atoms with van der Waals surface area (Å²) in [5.41, 5.74) is 0. The Bertz CT molecular complexity index is 954. The molecule has 0 saturated carbocycles. The molecular formula is C45H88NO8P. The van der Waals surface area contributed by atoms with E-state index in [2.05, 4.69) is 19.9 Å². The van der Waals surface area contributed by atoms with E-state index in [1.807, 2.05) is 27.2 Å². The molecule has 9 nitrogen and oxygen atoms in total. The van der Waals surface area contributed by atoms with Gasteiger partial charge in [-0.25, -0.2) is 0 Å². The molecule has 2 unspecified atom stereocenters. The fourth-order valence-corrected chi connectivity index (χ4v) is 7.17. The van der Waals surface area contributed by atoms with Crippen LogP contribution in [0.4, 0.5) is 0 Å². The Morgan fingerprint density at radius 2 is 0.964 bits per heavy atom. The van der Waals surface area contributed by atoms with E-state index in [1.54, 1.807) is 0 Å². The standard InChI is InChI=1S/C45H88NO8P/c1-6-8-10-12-14-16-18-20-22-24-25-27-29-31-33-35-37-44(47)51-41-43(42-53-55(49,50)52-40-39-46(3,4)5)54-45(48)38-36-34-32-30-28-26-23-21-19-17-15-13-11-9-7-2/h32,34,43H,6-31,33,35-42H2,1-5H3/b34-32-. The number of esters is 2. The summed E-state index contributed by atoms with van der Waals surface area (Å²) in [7, 11) is 1.16. The zero-order chi connectivity index (χ0) is 40.7. The largest absolute Gasteiger partial charge is 0.756 e. The van der Waals surface area contributed by atoms with Crippen molar-refractivity contribution in [1.82, 2.24) is 0 Å². The Balaban J connectivity index is 4.34. The lowest BCUT2D eigenvalue weighted by molar-refractivity contribution is -0.870. The lowest BCUT2D eigenvalue weighted by atomic mass is 10.0. The lowest BCUT2D eigenvalue weighted by Gasteiger charge is -2.28. The fraction of sp³-hybridized carbons (Fsp3) is 0.911. The highest BCUT2D eigenvalue weighted by Gasteiger charge is 2.21. The van der Waals surface area contributed by atoms with E-state index >= 15 is 0 Å². The number of carbonyl (C=O) groups is 2. The number of allylic oxidation sites excluding steroid dienone is 2. The van der Waals surface area contributed by atoms with Crippen molar-refractivity contribution in [2.24, 2.45) is 0 Å². The van der Waals surface area contributed by atoms with Gasteiger partial charge < -0.3 is 27.9 Å². The molecule has 0 saturated heterocycles. The molecule has 55 heavy (non-hydrogen) atoms. The van der Waals surface area contributed by atoms with Gasteiger partial charge in [0.25, 0.3) is 7.82 Å². The molecule has 0 aliphatic rings. The highest BCUT2D eigenvalue weighted by Crippen LogP contribution is 2.38. The second-order valence-corrected chi connectivity index (χ2v) is 18.2. The predicted molar refractivity (Wildman–Crippen MR) is 227 cm³/mol. The number of hydrogen-bond acceptors (Lipinski definition) is 8. The third-order valence-corrected chi connectivity index (χ3v) is 11.0. The van der Waals surface area contributed by atoms with Gasteiger partial charge in [-0.1, -0.05) is 187 Å². The van der Waals surface area contributed by atoms with E-state index in [-0.39, 0.29) is 32.0 Å². The van der Waals surface area contributed by atoms with Crippen LogP contribution in [0.2, 0.25) is 0 Å². The highest BCUT2D eigenvalue weighted by atomic mass is 31.2. The SMILES string of the molecule is CCCCCCCCCCCCC/C=C\CCC(=O)OC(COC(=O)CCCCCCCCCCCCCCCCCC)COP(=O)([O-])OCC[N+](C)(C)C. The van der Waals surface area contributed by atoms with Crippen LogP contribution in [0.1, 0.15) is 213 Å². The molecule has 0 rings (SSSR count). The Kier molecular flexibility index (Phi) is 37.4. The molecule has 0 radical (unpaired) electrons. The van der Waals surface area contributed by atoms with Gasteiger partial charge in [0.05, 0.1) is 27.7 Å². The number of carbonyl (C=O) groups excluding carboxylic acids is 2. The molecule has 0 aliphatic carbocycles. The van der Waals surface area contributed by atoms with Crippen molar-refractivity contribution in [1.29, 1.82) is 0 Å². The molecule has 0 bridgehead atoms. The van der Waals surface area contributed by atoms with Crippen LogP contribution in [0.5, 0.6) is 0 Å². The number of phosphoric ester groups is 1. The first kappa shape index (κ1) is 53.8. The lowest BCUT2D eigenvalue weighted by Crippen LogP contribution is -2.37. The summed E-state index contributed by atoms with van der Waals surface area (Å²) in [5, 5.41) is 0. The van der Waals surface area contributed by atoms with Crippen molar-refractivity contribution >= 4 is 19.8 Å². The van der Waals surface area contributed by atoms with Gasteiger partial charge in [-0.3, -0.25) is 14.2 Å². The molecule has 0 heterocycles. The summed E-state index contributed by atoms with van der Waals surface area (Å²) in [4.78, 5) is 37.5. The molecule has 0 aromatic carbocycles. The molecular weight excluding hydrogens is 713 g/mol. The van der Waals surface area contributed by atoms with Crippen molar-refractivity contribution in [3.8, 4) is 0 Å². The molecule has 0 aromatic heterocycles. The molecule has 0 fully saturated rings. The minimum absolute atomic E-state index is 0.0332. The summed E-state index contributed by atoms with van der Waals surface area (Å²) < 4.78 is 33.9. The first-order valence-corrected chi connectivity index (χ1v) is 24.4.